The van der Waals surface area contributed by atoms with Gasteiger partial charge in [-0.3, -0.25) is 9.10 Å². The normalized spacial score (nSPS) is 11.1. The fourth-order valence-electron chi connectivity index (χ4n) is 2.55. The third-order valence-electron chi connectivity index (χ3n) is 3.86. The van der Waals surface area contributed by atoms with Crippen LogP contribution in [-0.4, -0.2) is 20.9 Å². The van der Waals surface area contributed by atoms with E-state index in [4.69, 9.17) is 11.6 Å². The number of hydrogen-bond donors (Lipinski definition) is 1. The second-order valence-corrected chi connectivity index (χ2v) is 8.99. The minimum atomic E-state index is -3.97. The number of benzene rings is 3. The van der Waals surface area contributed by atoms with E-state index >= 15 is 0 Å². The van der Waals surface area contributed by atoms with Crippen molar-refractivity contribution in [3.8, 4) is 0 Å². The summed E-state index contributed by atoms with van der Waals surface area (Å²) in [5, 5.41) is 3.10. The van der Waals surface area contributed by atoms with Gasteiger partial charge in [-0.25, -0.2) is 8.42 Å². The highest BCUT2D eigenvalue weighted by atomic mass is 79.9. The summed E-state index contributed by atoms with van der Waals surface area (Å²) in [6, 6.07) is 21.4. The van der Waals surface area contributed by atoms with Gasteiger partial charge in [-0.1, -0.05) is 48.0 Å². The molecule has 1 amide bonds. The van der Waals surface area contributed by atoms with E-state index in [0.29, 0.717) is 20.9 Å². The fourth-order valence-corrected chi connectivity index (χ4v) is 4.55. The molecule has 8 heteroatoms. The van der Waals surface area contributed by atoms with Gasteiger partial charge in [-0.15, -0.1) is 0 Å². The van der Waals surface area contributed by atoms with Gasteiger partial charge in [0.1, 0.15) is 6.54 Å². The number of carbonyl (C=O) groups is 1. The van der Waals surface area contributed by atoms with E-state index in [0.717, 1.165) is 4.31 Å². The van der Waals surface area contributed by atoms with Crippen LogP contribution in [0.1, 0.15) is 0 Å². The number of para-hydroxylation sites is 1. The summed E-state index contributed by atoms with van der Waals surface area (Å²) in [7, 11) is -3.97. The first-order valence-corrected chi connectivity index (χ1v) is 10.9. The lowest BCUT2D eigenvalue weighted by Gasteiger charge is -2.24. The van der Waals surface area contributed by atoms with Crippen LogP contribution in [0.4, 0.5) is 11.4 Å². The first kappa shape index (κ1) is 20.4. The van der Waals surface area contributed by atoms with E-state index in [9.17, 15) is 13.2 Å². The van der Waals surface area contributed by atoms with Gasteiger partial charge in [0.05, 0.1) is 16.3 Å². The molecule has 0 radical (unpaired) electrons. The zero-order valence-corrected chi connectivity index (χ0v) is 17.7. The minimum absolute atomic E-state index is 0.0867. The first-order valence-electron chi connectivity index (χ1n) is 8.25. The topological polar surface area (TPSA) is 66.5 Å². The van der Waals surface area contributed by atoms with Crippen molar-refractivity contribution in [1.82, 2.24) is 0 Å². The predicted octanol–water partition coefficient (Wildman–Crippen LogP) is 4.94. The van der Waals surface area contributed by atoms with Crippen molar-refractivity contribution in [1.29, 1.82) is 0 Å². The smallest absolute Gasteiger partial charge is 0.264 e. The van der Waals surface area contributed by atoms with Crippen molar-refractivity contribution in [2.24, 2.45) is 0 Å². The summed E-state index contributed by atoms with van der Waals surface area (Å²) in [6.07, 6.45) is 0. The highest BCUT2D eigenvalue weighted by molar-refractivity contribution is 9.10. The Labute approximate surface area is 177 Å². The molecule has 3 aromatic carbocycles. The molecule has 0 heterocycles. The van der Waals surface area contributed by atoms with Gasteiger partial charge in [0, 0.05) is 9.50 Å². The summed E-state index contributed by atoms with van der Waals surface area (Å²) in [4.78, 5) is 12.7. The van der Waals surface area contributed by atoms with Gasteiger partial charge in [0.15, 0.2) is 0 Å². The molecule has 28 heavy (non-hydrogen) atoms. The maximum atomic E-state index is 13.2. The number of rotatable bonds is 6. The van der Waals surface area contributed by atoms with Crippen LogP contribution in [0.2, 0.25) is 5.02 Å². The van der Waals surface area contributed by atoms with E-state index in [1.165, 1.54) is 18.2 Å². The van der Waals surface area contributed by atoms with E-state index < -0.39 is 22.5 Å². The van der Waals surface area contributed by atoms with Crippen LogP contribution >= 0.6 is 27.5 Å². The standard InChI is InChI=1S/C20H16BrClN2O3S/c21-18-11-4-5-12-19(18)23-20(25)14-24(16-8-6-7-15(22)13-16)28(26,27)17-9-2-1-3-10-17/h1-13H,14H2,(H,23,25). The maximum Gasteiger partial charge on any atom is 0.264 e. The molecule has 1 N–H and O–H groups in total. The predicted molar refractivity (Wildman–Crippen MR) is 115 cm³/mol. The van der Waals surface area contributed by atoms with Crippen LogP contribution in [0.25, 0.3) is 0 Å². The molecular weight excluding hydrogens is 464 g/mol. The molecule has 3 rings (SSSR count). The summed E-state index contributed by atoms with van der Waals surface area (Å²) in [5.74, 6) is -0.480. The Hall–Kier alpha value is -2.35. The van der Waals surface area contributed by atoms with Crippen LogP contribution in [0.5, 0.6) is 0 Å². The van der Waals surface area contributed by atoms with Gasteiger partial charge in [-0.2, -0.15) is 0 Å². The lowest BCUT2D eigenvalue weighted by Crippen LogP contribution is -2.38. The number of carbonyl (C=O) groups excluding carboxylic acids is 1. The van der Waals surface area contributed by atoms with E-state index in [1.807, 2.05) is 6.07 Å². The summed E-state index contributed by atoms with van der Waals surface area (Å²) in [6.45, 7) is -0.404. The minimum Gasteiger partial charge on any atom is -0.323 e. The van der Waals surface area contributed by atoms with Gasteiger partial charge in [-0.05, 0) is 58.4 Å². The van der Waals surface area contributed by atoms with E-state index in [1.54, 1.807) is 54.6 Å². The average Bonchev–Trinajstić information content (AvgIpc) is 2.68. The Kier molecular flexibility index (Phi) is 6.39. The van der Waals surface area contributed by atoms with Crippen LogP contribution in [0.3, 0.4) is 0 Å². The fraction of sp³-hybridized carbons (Fsp3) is 0.0500. The Morgan fingerprint density at radius 2 is 1.64 bits per heavy atom. The van der Waals surface area contributed by atoms with Gasteiger partial charge >= 0.3 is 0 Å². The largest absolute Gasteiger partial charge is 0.323 e. The second kappa shape index (κ2) is 8.77. The molecule has 0 bridgehead atoms. The van der Waals surface area contributed by atoms with Crippen LogP contribution in [0.15, 0.2) is 88.2 Å². The van der Waals surface area contributed by atoms with E-state index in [-0.39, 0.29) is 4.90 Å². The van der Waals surface area contributed by atoms with Crippen molar-refractivity contribution in [3.05, 3.63) is 88.4 Å². The Morgan fingerprint density at radius 3 is 2.32 bits per heavy atom. The van der Waals surface area contributed by atoms with E-state index in [2.05, 4.69) is 21.2 Å². The molecular formula is C20H16BrClN2O3S. The van der Waals surface area contributed by atoms with Crippen LogP contribution < -0.4 is 9.62 Å². The molecule has 0 aliphatic heterocycles. The van der Waals surface area contributed by atoms with Crippen molar-refractivity contribution in [2.75, 3.05) is 16.2 Å². The van der Waals surface area contributed by atoms with Crippen molar-refractivity contribution < 1.29 is 13.2 Å². The van der Waals surface area contributed by atoms with Gasteiger partial charge in [0.2, 0.25) is 5.91 Å². The third-order valence-corrected chi connectivity index (χ3v) is 6.58. The Morgan fingerprint density at radius 1 is 0.964 bits per heavy atom. The number of sulfonamides is 1. The SMILES string of the molecule is O=C(CN(c1cccc(Cl)c1)S(=O)(=O)c1ccccc1)Nc1ccccc1Br. The monoisotopic (exact) mass is 478 g/mol. The van der Waals surface area contributed by atoms with Crippen molar-refractivity contribution in [3.63, 3.8) is 0 Å². The lowest BCUT2D eigenvalue weighted by atomic mass is 10.3. The highest BCUT2D eigenvalue weighted by Crippen LogP contribution is 2.27. The first-order chi connectivity index (χ1) is 13.4. The number of hydrogen-bond acceptors (Lipinski definition) is 3. The molecule has 0 aliphatic rings. The quantitative estimate of drug-likeness (QED) is 0.545. The number of nitrogens with one attached hydrogen (secondary N) is 1. The molecule has 0 saturated carbocycles. The zero-order chi connectivity index (χ0) is 20.1. The molecule has 144 valence electrons. The highest BCUT2D eigenvalue weighted by Gasteiger charge is 2.27. The molecule has 3 aromatic rings. The van der Waals surface area contributed by atoms with Crippen molar-refractivity contribution in [2.45, 2.75) is 4.90 Å². The summed E-state index contributed by atoms with van der Waals surface area (Å²) < 4.78 is 28.1. The molecule has 0 fully saturated rings. The van der Waals surface area contributed by atoms with Crippen LogP contribution in [-0.2, 0) is 14.8 Å². The molecule has 0 aliphatic carbocycles. The number of halogens is 2. The van der Waals surface area contributed by atoms with Gasteiger partial charge in [0.25, 0.3) is 10.0 Å². The molecule has 0 spiro atoms. The summed E-state index contributed by atoms with van der Waals surface area (Å²) >= 11 is 9.40. The van der Waals surface area contributed by atoms with Crippen molar-refractivity contribution >= 4 is 54.8 Å². The number of amides is 1. The lowest BCUT2D eigenvalue weighted by molar-refractivity contribution is -0.114. The second-order valence-electron chi connectivity index (χ2n) is 5.83. The zero-order valence-electron chi connectivity index (χ0n) is 14.5. The van der Waals surface area contributed by atoms with Gasteiger partial charge < -0.3 is 5.32 Å². The Balaban J connectivity index is 1.95. The third kappa shape index (κ3) is 4.73. The molecule has 0 saturated heterocycles. The molecule has 0 unspecified atom stereocenters. The average molecular weight is 480 g/mol. The Bertz CT molecular complexity index is 1090. The number of anilines is 2. The molecule has 5 nitrogen and oxygen atoms in total. The maximum absolute atomic E-state index is 13.2. The molecule has 0 atom stereocenters. The molecule has 0 aromatic heterocycles. The summed E-state index contributed by atoms with van der Waals surface area (Å²) in [5.41, 5.74) is 0.856. The number of nitrogens with zero attached hydrogens (tertiary/aromatic N) is 1. The van der Waals surface area contributed by atoms with Crippen LogP contribution in [0, 0.1) is 0 Å².